The van der Waals surface area contributed by atoms with Gasteiger partial charge in [0.05, 0.1) is 49.1 Å². The van der Waals surface area contributed by atoms with Crippen LogP contribution in [0.5, 0.6) is 5.75 Å². The van der Waals surface area contributed by atoms with E-state index in [9.17, 15) is 9.90 Å². The van der Waals surface area contributed by atoms with Crippen molar-refractivity contribution in [2.75, 3.05) is 63.7 Å². The summed E-state index contributed by atoms with van der Waals surface area (Å²) in [5.41, 5.74) is 1.75. The van der Waals surface area contributed by atoms with E-state index in [4.69, 9.17) is 21.1 Å². The van der Waals surface area contributed by atoms with Crippen LogP contribution in [0.4, 0.5) is 17.5 Å². The maximum absolute atomic E-state index is 13.3. The molecule has 4 N–H and O–H groups in total. The van der Waals surface area contributed by atoms with Gasteiger partial charge in [-0.3, -0.25) is 9.69 Å². The van der Waals surface area contributed by atoms with Gasteiger partial charge in [-0.25, -0.2) is 0 Å². The van der Waals surface area contributed by atoms with Gasteiger partial charge in [0.1, 0.15) is 17.2 Å². The molecule has 0 aliphatic carbocycles. The Balaban J connectivity index is 1.30. The molecular formula is C27H36ClN7O4. The Morgan fingerprint density at radius 3 is 2.72 bits per heavy atom. The number of piperidine rings is 1. The molecule has 1 atom stereocenters. The van der Waals surface area contributed by atoms with Gasteiger partial charge in [0.25, 0.3) is 5.91 Å². The van der Waals surface area contributed by atoms with Crippen LogP contribution in [0.25, 0.3) is 11.0 Å². The SMILES string of the molecule is CCC(CO)Nc1nc(Nc2ccc(C(=O)N3CCC(N4CCOCC4)CC3)cc2OC)nc2[nH]cc(Cl)c12. The Morgan fingerprint density at radius 1 is 1.26 bits per heavy atom. The number of aliphatic hydroxyl groups is 1. The first-order valence-electron chi connectivity index (χ1n) is 13.5. The second-order valence-electron chi connectivity index (χ2n) is 9.90. The lowest BCUT2D eigenvalue weighted by Crippen LogP contribution is -2.50. The number of morpholine rings is 1. The average molecular weight is 558 g/mol. The van der Waals surface area contributed by atoms with Crippen molar-refractivity contribution in [3.8, 4) is 5.75 Å². The number of amides is 1. The van der Waals surface area contributed by atoms with Gasteiger partial charge in [-0.15, -0.1) is 0 Å². The molecule has 1 amide bonds. The number of aliphatic hydroxyl groups excluding tert-OH is 1. The topological polar surface area (TPSA) is 128 Å². The molecule has 2 aliphatic heterocycles. The molecule has 1 aromatic carbocycles. The van der Waals surface area contributed by atoms with Crippen molar-refractivity contribution in [2.24, 2.45) is 0 Å². The Kier molecular flexibility index (Phi) is 8.71. The number of aromatic amines is 1. The molecule has 0 bridgehead atoms. The predicted octanol–water partition coefficient (Wildman–Crippen LogP) is 3.48. The van der Waals surface area contributed by atoms with E-state index in [0.29, 0.717) is 57.3 Å². The monoisotopic (exact) mass is 557 g/mol. The number of hydrogen-bond acceptors (Lipinski definition) is 9. The second-order valence-corrected chi connectivity index (χ2v) is 10.3. The van der Waals surface area contributed by atoms with E-state index in [1.54, 1.807) is 31.5 Å². The van der Waals surface area contributed by atoms with Crippen LogP contribution in [0, 0.1) is 0 Å². The van der Waals surface area contributed by atoms with Crippen LogP contribution in [-0.4, -0.2) is 101 Å². The van der Waals surface area contributed by atoms with Crippen molar-refractivity contribution in [1.82, 2.24) is 24.8 Å². The molecule has 2 fully saturated rings. The molecule has 11 nitrogen and oxygen atoms in total. The third kappa shape index (κ3) is 6.06. The van der Waals surface area contributed by atoms with Crippen LogP contribution in [0.3, 0.4) is 0 Å². The molecule has 0 spiro atoms. The number of ether oxygens (including phenoxy) is 2. The summed E-state index contributed by atoms with van der Waals surface area (Å²) in [5, 5.41) is 17.3. The fourth-order valence-electron chi connectivity index (χ4n) is 5.23. The predicted molar refractivity (Wildman–Crippen MR) is 151 cm³/mol. The number of aromatic nitrogens is 3. The summed E-state index contributed by atoms with van der Waals surface area (Å²) in [5.74, 6) is 1.34. The number of nitrogens with zero attached hydrogens (tertiary/aromatic N) is 4. The minimum atomic E-state index is -0.180. The zero-order chi connectivity index (χ0) is 27.4. The lowest BCUT2D eigenvalue weighted by molar-refractivity contribution is 0.00159. The van der Waals surface area contributed by atoms with Gasteiger partial charge < -0.3 is 35.1 Å². The first kappa shape index (κ1) is 27.4. The summed E-state index contributed by atoms with van der Waals surface area (Å²) in [6, 6.07) is 5.68. The summed E-state index contributed by atoms with van der Waals surface area (Å²) in [7, 11) is 1.57. The summed E-state index contributed by atoms with van der Waals surface area (Å²) < 4.78 is 11.1. The molecule has 2 aliphatic rings. The van der Waals surface area contributed by atoms with Gasteiger partial charge in [0, 0.05) is 44.0 Å². The highest BCUT2D eigenvalue weighted by atomic mass is 35.5. The molecule has 5 rings (SSSR count). The van der Waals surface area contributed by atoms with E-state index < -0.39 is 0 Å². The Labute approximate surface area is 232 Å². The molecule has 210 valence electrons. The molecule has 2 saturated heterocycles. The number of carbonyl (C=O) groups is 1. The number of fused-ring (bicyclic) bond motifs is 1. The highest BCUT2D eigenvalue weighted by Crippen LogP contribution is 2.33. The molecule has 4 heterocycles. The zero-order valence-corrected chi connectivity index (χ0v) is 23.1. The van der Waals surface area contributed by atoms with E-state index in [0.717, 1.165) is 52.2 Å². The van der Waals surface area contributed by atoms with Crippen LogP contribution in [0.1, 0.15) is 36.5 Å². The third-order valence-electron chi connectivity index (χ3n) is 7.55. The second kappa shape index (κ2) is 12.4. The summed E-state index contributed by atoms with van der Waals surface area (Å²) in [6.07, 6.45) is 4.30. The molecular weight excluding hydrogens is 522 g/mol. The van der Waals surface area contributed by atoms with Crippen molar-refractivity contribution >= 4 is 46.0 Å². The first-order chi connectivity index (χ1) is 19.0. The largest absolute Gasteiger partial charge is 0.495 e. The smallest absolute Gasteiger partial charge is 0.253 e. The zero-order valence-electron chi connectivity index (χ0n) is 22.4. The lowest BCUT2D eigenvalue weighted by atomic mass is 10.0. The Morgan fingerprint density at radius 2 is 2.03 bits per heavy atom. The highest BCUT2D eigenvalue weighted by Gasteiger charge is 2.28. The number of H-pyrrole nitrogens is 1. The molecule has 0 saturated carbocycles. The van der Waals surface area contributed by atoms with Gasteiger partial charge in [-0.05, 0) is 37.5 Å². The Hall–Kier alpha value is -3.12. The number of likely N-dealkylation sites (tertiary alicyclic amines) is 1. The fourth-order valence-corrected chi connectivity index (χ4v) is 5.47. The van der Waals surface area contributed by atoms with Crippen LogP contribution in [-0.2, 0) is 4.74 Å². The van der Waals surface area contributed by atoms with Crippen LogP contribution >= 0.6 is 11.6 Å². The third-order valence-corrected chi connectivity index (χ3v) is 7.84. The first-order valence-corrected chi connectivity index (χ1v) is 13.9. The van der Waals surface area contributed by atoms with Gasteiger partial charge in [-0.1, -0.05) is 18.5 Å². The minimum Gasteiger partial charge on any atom is -0.495 e. The van der Waals surface area contributed by atoms with E-state index in [1.807, 2.05) is 11.8 Å². The molecule has 39 heavy (non-hydrogen) atoms. The number of methoxy groups -OCH3 is 1. The van der Waals surface area contributed by atoms with Gasteiger partial charge >= 0.3 is 0 Å². The molecule has 0 radical (unpaired) electrons. The standard InChI is InChI=1S/C27H36ClN7O4/c1-3-18(16-36)30-25-23-20(28)15-29-24(23)32-27(33-25)31-21-5-4-17(14-22(21)38-2)26(37)35-8-6-19(7-9-35)34-10-12-39-13-11-34/h4-5,14-15,18-19,36H,3,6-13,16H2,1-2H3,(H3,29,30,31,32,33). The van der Waals surface area contributed by atoms with Crippen molar-refractivity contribution in [3.05, 3.63) is 35.0 Å². The van der Waals surface area contributed by atoms with E-state index in [2.05, 4.69) is 30.5 Å². The number of benzene rings is 1. The lowest BCUT2D eigenvalue weighted by Gasteiger charge is -2.40. The van der Waals surface area contributed by atoms with Crippen molar-refractivity contribution in [2.45, 2.75) is 38.3 Å². The maximum atomic E-state index is 13.3. The summed E-state index contributed by atoms with van der Waals surface area (Å²) in [4.78, 5) is 30.0. The highest BCUT2D eigenvalue weighted by molar-refractivity contribution is 6.36. The number of rotatable bonds is 9. The summed E-state index contributed by atoms with van der Waals surface area (Å²) in [6.45, 7) is 6.92. The van der Waals surface area contributed by atoms with E-state index in [1.165, 1.54) is 0 Å². The van der Waals surface area contributed by atoms with Crippen molar-refractivity contribution in [1.29, 1.82) is 0 Å². The maximum Gasteiger partial charge on any atom is 0.253 e. The van der Waals surface area contributed by atoms with Crippen LogP contribution in [0.15, 0.2) is 24.4 Å². The number of carbonyl (C=O) groups excluding carboxylic acids is 1. The van der Waals surface area contributed by atoms with Crippen molar-refractivity contribution < 1.29 is 19.4 Å². The van der Waals surface area contributed by atoms with Gasteiger partial charge in [-0.2, -0.15) is 9.97 Å². The molecule has 3 aromatic rings. The minimum absolute atomic E-state index is 0.0000664. The van der Waals surface area contributed by atoms with Gasteiger partial charge in [0.15, 0.2) is 0 Å². The number of halogens is 1. The number of anilines is 3. The van der Waals surface area contributed by atoms with Crippen LogP contribution in [0.2, 0.25) is 5.02 Å². The number of nitrogens with one attached hydrogen (secondary N) is 3. The van der Waals surface area contributed by atoms with Crippen molar-refractivity contribution in [3.63, 3.8) is 0 Å². The normalized spacial score (nSPS) is 17.8. The summed E-state index contributed by atoms with van der Waals surface area (Å²) >= 11 is 6.37. The van der Waals surface area contributed by atoms with Crippen LogP contribution < -0.4 is 15.4 Å². The van der Waals surface area contributed by atoms with E-state index >= 15 is 0 Å². The Bertz CT molecular complexity index is 1280. The average Bonchev–Trinajstić information content (AvgIpc) is 3.36. The molecule has 2 aromatic heterocycles. The molecule has 1 unspecified atom stereocenters. The number of hydrogen-bond donors (Lipinski definition) is 4. The quantitative estimate of drug-likeness (QED) is 0.312. The van der Waals surface area contributed by atoms with Gasteiger partial charge in [0.2, 0.25) is 5.95 Å². The molecule has 12 heteroatoms. The fraction of sp³-hybridized carbons (Fsp3) is 0.519. The van der Waals surface area contributed by atoms with E-state index in [-0.39, 0.29) is 18.6 Å².